The van der Waals surface area contributed by atoms with Gasteiger partial charge >= 0.3 is 5.97 Å². The van der Waals surface area contributed by atoms with Crippen molar-refractivity contribution in [1.82, 2.24) is 0 Å². The maximum Gasteiger partial charge on any atom is 0.306 e. The number of esters is 1. The van der Waals surface area contributed by atoms with E-state index in [0.717, 1.165) is 6.42 Å². The molecule has 0 N–H and O–H groups in total. The molecular weight excluding hydrogens is 104 g/mol. The van der Waals surface area contributed by atoms with E-state index < -0.39 is 0 Å². The summed E-state index contributed by atoms with van der Waals surface area (Å²) in [5.41, 5.74) is 0. The fourth-order valence-electron chi connectivity index (χ4n) is 0.827. The topological polar surface area (TPSA) is 26.3 Å². The van der Waals surface area contributed by atoms with Gasteiger partial charge in [-0.2, -0.15) is 0 Å². The second-order valence-electron chi connectivity index (χ2n) is 2.16. The van der Waals surface area contributed by atoms with Gasteiger partial charge in [-0.05, 0) is 6.42 Å². The Morgan fingerprint density at radius 1 is 1.88 bits per heavy atom. The molecule has 0 unspecified atom stereocenters. The molecule has 1 fully saturated rings. The van der Waals surface area contributed by atoms with Crippen molar-refractivity contribution in [3.63, 3.8) is 0 Å². The lowest BCUT2D eigenvalue weighted by molar-refractivity contribution is -0.137. The summed E-state index contributed by atoms with van der Waals surface area (Å²) in [6.45, 7) is 2.72. The number of ether oxygens (including phenoxy) is 1. The van der Waals surface area contributed by atoms with Crippen LogP contribution in [0.2, 0.25) is 0 Å². The summed E-state index contributed by atoms with van der Waals surface area (Å²) < 4.78 is 4.72. The molecular formula is C6H10O2. The summed E-state index contributed by atoms with van der Waals surface area (Å²) in [7, 11) is 0. The van der Waals surface area contributed by atoms with Gasteiger partial charge in [0.1, 0.15) is 0 Å². The van der Waals surface area contributed by atoms with Crippen molar-refractivity contribution in [3.05, 3.63) is 0 Å². The largest absolute Gasteiger partial charge is 0.465 e. The van der Waals surface area contributed by atoms with Gasteiger partial charge in [-0.25, -0.2) is 0 Å². The fourth-order valence-corrected chi connectivity index (χ4v) is 0.827. The van der Waals surface area contributed by atoms with Crippen LogP contribution in [0.15, 0.2) is 0 Å². The molecule has 0 aromatic rings. The molecule has 1 aliphatic rings. The normalized spacial score (nSPS) is 28.1. The zero-order valence-corrected chi connectivity index (χ0v) is 5.02. The zero-order valence-electron chi connectivity index (χ0n) is 5.02. The van der Waals surface area contributed by atoms with Crippen LogP contribution in [0.5, 0.6) is 0 Å². The molecule has 1 heterocycles. The SMILES string of the molecule is CC[C@H]1COC(=O)C1. The first-order valence-corrected chi connectivity index (χ1v) is 2.98. The van der Waals surface area contributed by atoms with Crippen molar-refractivity contribution in [2.75, 3.05) is 6.61 Å². The average molecular weight is 114 g/mol. The van der Waals surface area contributed by atoms with E-state index in [9.17, 15) is 4.79 Å². The van der Waals surface area contributed by atoms with E-state index in [2.05, 4.69) is 6.92 Å². The van der Waals surface area contributed by atoms with Crippen LogP contribution in [0.25, 0.3) is 0 Å². The Morgan fingerprint density at radius 3 is 2.88 bits per heavy atom. The van der Waals surface area contributed by atoms with Gasteiger partial charge in [-0.3, -0.25) is 4.79 Å². The van der Waals surface area contributed by atoms with E-state index in [1.807, 2.05) is 0 Å². The predicted molar refractivity (Wildman–Crippen MR) is 29.4 cm³/mol. The molecule has 0 amide bonds. The molecule has 1 saturated heterocycles. The molecule has 1 aliphatic heterocycles. The zero-order chi connectivity index (χ0) is 5.98. The second-order valence-corrected chi connectivity index (χ2v) is 2.16. The first-order chi connectivity index (χ1) is 3.83. The van der Waals surface area contributed by atoms with Crippen LogP contribution in [0.1, 0.15) is 19.8 Å². The number of carbonyl (C=O) groups excluding carboxylic acids is 1. The number of cyclic esters (lactones) is 1. The number of hydrogen-bond donors (Lipinski definition) is 0. The van der Waals surface area contributed by atoms with Crippen LogP contribution in [-0.4, -0.2) is 12.6 Å². The van der Waals surface area contributed by atoms with Gasteiger partial charge in [0.05, 0.1) is 13.0 Å². The van der Waals surface area contributed by atoms with Gasteiger partial charge in [-0.15, -0.1) is 0 Å². The number of rotatable bonds is 1. The first-order valence-electron chi connectivity index (χ1n) is 2.98. The molecule has 0 aromatic heterocycles. The minimum absolute atomic E-state index is 0.0307. The smallest absolute Gasteiger partial charge is 0.306 e. The van der Waals surface area contributed by atoms with E-state index in [-0.39, 0.29) is 5.97 Å². The van der Waals surface area contributed by atoms with E-state index >= 15 is 0 Å². The van der Waals surface area contributed by atoms with Crippen LogP contribution < -0.4 is 0 Å². The van der Waals surface area contributed by atoms with Crippen LogP contribution in [0, 0.1) is 5.92 Å². The summed E-state index contributed by atoms with van der Waals surface area (Å²) in [6.07, 6.45) is 1.70. The highest BCUT2D eigenvalue weighted by Crippen LogP contribution is 2.16. The number of hydrogen-bond acceptors (Lipinski definition) is 2. The summed E-state index contributed by atoms with van der Waals surface area (Å²) in [4.78, 5) is 10.4. The highest BCUT2D eigenvalue weighted by molar-refractivity contribution is 5.71. The molecule has 0 radical (unpaired) electrons. The third kappa shape index (κ3) is 0.997. The molecule has 0 saturated carbocycles. The molecule has 2 nitrogen and oxygen atoms in total. The molecule has 2 heteroatoms. The van der Waals surface area contributed by atoms with Crippen LogP contribution in [-0.2, 0) is 9.53 Å². The van der Waals surface area contributed by atoms with Crippen LogP contribution >= 0.6 is 0 Å². The van der Waals surface area contributed by atoms with Gasteiger partial charge < -0.3 is 4.74 Å². The lowest BCUT2D eigenvalue weighted by Crippen LogP contribution is -1.94. The highest BCUT2D eigenvalue weighted by atomic mass is 16.5. The Labute approximate surface area is 48.8 Å². The Hall–Kier alpha value is -0.530. The van der Waals surface area contributed by atoms with Crippen LogP contribution in [0.3, 0.4) is 0 Å². The van der Waals surface area contributed by atoms with E-state index in [1.165, 1.54) is 0 Å². The van der Waals surface area contributed by atoms with Gasteiger partial charge in [0.15, 0.2) is 0 Å². The highest BCUT2D eigenvalue weighted by Gasteiger charge is 2.21. The predicted octanol–water partition coefficient (Wildman–Crippen LogP) is 0.960. The maximum atomic E-state index is 10.4. The Morgan fingerprint density at radius 2 is 2.62 bits per heavy atom. The summed E-state index contributed by atoms with van der Waals surface area (Å²) in [5.74, 6) is 0.472. The van der Waals surface area contributed by atoms with Crippen molar-refractivity contribution in [2.24, 2.45) is 5.92 Å². The molecule has 0 bridgehead atoms. The summed E-state index contributed by atoms with van der Waals surface area (Å²) in [6, 6.07) is 0. The quantitative estimate of drug-likeness (QED) is 0.474. The molecule has 0 spiro atoms. The molecule has 0 aromatic carbocycles. The minimum atomic E-state index is -0.0307. The Balaban J connectivity index is 2.32. The average Bonchev–Trinajstić information content (AvgIpc) is 2.14. The maximum absolute atomic E-state index is 10.4. The molecule has 46 valence electrons. The molecule has 1 rings (SSSR count). The summed E-state index contributed by atoms with van der Waals surface area (Å²) in [5, 5.41) is 0. The van der Waals surface area contributed by atoms with E-state index in [4.69, 9.17) is 4.74 Å². The lowest BCUT2D eigenvalue weighted by Gasteiger charge is -1.95. The van der Waals surface area contributed by atoms with E-state index in [0.29, 0.717) is 18.9 Å². The monoisotopic (exact) mass is 114 g/mol. The minimum Gasteiger partial charge on any atom is -0.465 e. The Kier molecular flexibility index (Phi) is 1.51. The summed E-state index contributed by atoms with van der Waals surface area (Å²) >= 11 is 0. The number of carbonyl (C=O) groups is 1. The van der Waals surface area contributed by atoms with Crippen molar-refractivity contribution in [3.8, 4) is 0 Å². The Bertz CT molecular complexity index is 98.7. The van der Waals surface area contributed by atoms with Crippen molar-refractivity contribution < 1.29 is 9.53 Å². The van der Waals surface area contributed by atoms with Gasteiger partial charge in [0.25, 0.3) is 0 Å². The van der Waals surface area contributed by atoms with Crippen LogP contribution in [0.4, 0.5) is 0 Å². The molecule has 0 aliphatic carbocycles. The van der Waals surface area contributed by atoms with Gasteiger partial charge in [-0.1, -0.05) is 6.92 Å². The third-order valence-electron chi connectivity index (χ3n) is 1.51. The third-order valence-corrected chi connectivity index (χ3v) is 1.51. The molecule has 1 atom stereocenters. The van der Waals surface area contributed by atoms with Crippen molar-refractivity contribution >= 4 is 5.97 Å². The lowest BCUT2D eigenvalue weighted by atomic mass is 10.1. The first kappa shape index (κ1) is 5.60. The fraction of sp³-hybridized carbons (Fsp3) is 0.833. The second kappa shape index (κ2) is 2.16. The van der Waals surface area contributed by atoms with Gasteiger partial charge in [0, 0.05) is 5.92 Å². The van der Waals surface area contributed by atoms with Crippen molar-refractivity contribution in [2.45, 2.75) is 19.8 Å². The molecule has 8 heavy (non-hydrogen) atoms. The van der Waals surface area contributed by atoms with Crippen molar-refractivity contribution in [1.29, 1.82) is 0 Å². The van der Waals surface area contributed by atoms with E-state index in [1.54, 1.807) is 0 Å². The van der Waals surface area contributed by atoms with Gasteiger partial charge in [0.2, 0.25) is 0 Å². The standard InChI is InChI=1S/C6H10O2/c1-2-5-3-6(7)8-4-5/h5H,2-4H2,1H3/t5-/m1/s1.